The Hall–Kier alpha value is -3.50. The number of amides is 3. The van der Waals surface area contributed by atoms with E-state index < -0.39 is 60.2 Å². The van der Waals surface area contributed by atoms with Gasteiger partial charge in [0, 0.05) is 13.0 Å². The second kappa shape index (κ2) is 20.5. The number of unbranched alkanes of at least 4 members (excludes halogenated alkanes) is 2. The van der Waals surface area contributed by atoms with Gasteiger partial charge in [-0.15, -0.1) is 0 Å². The molecular weight excluding hydrogens is 514 g/mol. The first-order valence-corrected chi connectivity index (χ1v) is 13.0. The van der Waals surface area contributed by atoms with Crippen LogP contribution in [0.25, 0.3) is 0 Å². The van der Waals surface area contributed by atoms with Crippen molar-refractivity contribution in [1.82, 2.24) is 16.0 Å². The van der Waals surface area contributed by atoms with Crippen molar-refractivity contribution in [2.75, 3.05) is 19.6 Å². The van der Waals surface area contributed by atoms with Gasteiger partial charge in [0.2, 0.25) is 17.7 Å². The van der Waals surface area contributed by atoms with Gasteiger partial charge in [0.15, 0.2) is 5.96 Å². The number of carbonyl (C=O) groups excluding carboxylic acids is 3. The Morgan fingerprint density at radius 2 is 1.15 bits per heavy atom. The van der Waals surface area contributed by atoms with Crippen molar-refractivity contribution in [1.29, 1.82) is 0 Å². The smallest absolute Gasteiger partial charge is 0.326 e. The number of guanidine groups is 1. The Bertz CT molecular complexity index is 822. The summed E-state index contributed by atoms with van der Waals surface area (Å²) in [5, 5.41) is 26.0. The summed E-state index contributed by atoms with van der Waals surface area (Å²) in [4.78, 5) is 65.3. The zero-order chi connectivity index (χ0) is 29.8. The third-order valence-corrected chi connectivity index (χ3v) is 5.73. The molecule has 0 fully saturated rings. The largest absolute Gasteiger partial charge is 0.481 e. The third kappa shape index (κ3) is 16.9. The number of aliphatic imine (C=N–C) groups is 1. The normalized spacial score (nSPS) is 13.8. The summed E-state index contributed by atoms with van der Waals surface area (Å²) in [5.41, 5.74) is 27.4. The van der Waals surface area contributed by atoms with Crippen molar-refractivity contribution >= 4 is 35.6 Å². The molecule has 224 valence electrons. The second-order valence-corrected chi connectivity index (χ2v) is 9.08. The summed E-state index contributed by atoms with van der Waals surface area (Å²) in [6.07, 6.45) is 2.29. The second-order valence-electron chi connectivity index (χ2n) is 9.08. The van der Waals surface area contributed by atoms with Crippen molar-refractivity contribution < 1.29 is 34.2 Å². The molecule has 0 aromatic carbocycles. The molecule has 0 saturated carbocycles. The van der Waals surface area contributed by atoms with Crippen molar-refractivity contribution in [2.24, 2.45) is 33.7 Å². The minimum atomic E-state index is -1.30. The van der Waals surface area contributed by atoms with E-state index in [0.717, 1.165) is 0 Å². The maximum atomic E-state index is 13.1. The predicted octanol–water partition coefficient (Wildman–Crippen LogP) is -2.97. The van der Waals surface area contributed by atoms with E-state index in [-0.39, 0.29) is 38.2 Å². The molecule has 0 bridgehead atoms. The zero-order valence-corrected chi connectivity index (χ0v) is 22.3. The van der Waals surface area contributed by atoms with Gasteiger partial charge in [-0.2, -0.15) is 0 Å². The molecule has 16 nitrogen and oxygen atoms in total. The maximum Gasteiger partial charge on any atom is 0.326 e. The van der Waals surface area contributed by atoms with Crippen LogP contribution < -0.4 is 44.6 Å². The van der Waals surface area contributed by atoms with Crippen LogP contribution in [0.1, 0.15) is 64.2 Å². The number of carboxylic acids is 2. The van der Waals surface area contributed by atoms with E-state index in [0.29, 0.717) is 45.2 Å². The number of aliphatic carboxylic acids is 2. The van der Waals surface area contributed by atoms with Gasteiger partial charge in [-0.25, -0.2) is 4.79 Å². The number of hydrogen-bond acceptors (Lipinski definition) is 9. The molecule has 0 aromatic rings. The average molecular weight is 560 g/mol. The van der Waals surface area contributed by atoms with E-state index in [2.05, 4.69) is 20.9 Å². The molecule has 3 amide bonds. The van der Waals surface area contributed by atoms with Crippen LogP contribution in [-0.4, -0.2) is 89.6 Å². The number of rotatable bonds is 22. The summed E-state index contributed by atoms with van der Waals surface area (Å²) in [5.74, 6) is -4.85. The summed E-state index contributed by atoms with van der Waals surface area (Å²) >= 11 is 0. The van der Waals surface area contributed by atoms with Crippen molar-refractivity contribution in [3.05, 3.63) is 0 Å². The number of carbonyl (C=O) groups is 5. The van der Waals surface area contributed by atoms with Gasteiger partial charge >= 0.3 is 11.9 Å². The third-order valence-electron chi connectivity index (χ3n) is 5.73. The van der Waals surface area contributed by atoms with Crippen molar-refractivity contribution in [3.63, 3.8) is 0 Å². The highest BCUT2D eigenvalue weighted by Crippen LogP contribution is 2.07. The van der Waals surface area contributed by atoms with Crippen LogP contribution in [0.3, 0.4) is 0 Å². The molecule has 4 atom stereocenters. The number of nitrogens with zero attached hydrogens (tertiary/aromatic N) is 1. The van der Waals surface area contributed by atoms with Gasteiger partial charge in [-0.05, 0) is 64.5 Å². The quantitative estimate of drug-likeness (QED) is 0.0361. The van der Waals surface area contributed by atoms with E-state index in [1.807, 2.05) is 0 Å². The Morgan fingerprint density at radius 1 is 0.667 bits per heavy atom. The molecule has 0 aliphatic heterocycles. The van der Waals surface area contributed by atoms with E-state index >= 15 is 0 Å². The minimum Gasteiger partial charge on any atom is -0.481 e. The Morgan fingerprint density at radius 3 is 1.67 bits per heavy atom. The van der Waals surface area contributed by atoms with E-state index in [4.69, 9.17) is 33.8 Å². The molecule has 0 spiro atoms. The topological polar surface area (TPSA) is 304 Å². The van der Waals surface area contributed by atoms with Crippen LogP contribution in [0.2, 0.25) is 0 Å². The first kappa shape index (κ1) is 35.5. The fourth-order valence-corrected chi connectivity index (χ4v) is 3.52. The lowest BCUT2D eigenvalue weighted by Gasteiger charge is -2.25. The molecule has 0 heterocycles. The fourth-order valence-electron chi connectivity index (χ4n) is 3.52. The Kier molecular flexibility index (Phi) is 18.6. The van der Waals surface area contributed by atoms with Gasteiger partial charge in [0.1, 0.15) is 18.1 Å². The van der Waals surface area contributed by atoms with Gasteiger partial charge in [0.05, 0.1) is 6.04 Å². The minimum absolute atomic E-state index is 0.0295. The first-order chi connectivity index (χ1) is 18.4. The van der Waals surface area contributed by atoms with E-state index in [1.54, 1.807) is 0 Å². The number of nitrogens with two attached hydrogens (primary N) is 5. The van der Waals surface area contributed by atoms with Gasteiger partial charge < -0.3 is 54.8 Å². The zero-order valence-electron chi connectivity index (χ0n) is 22.3. The van der Waals surface area contributed by atoms with Crippen molar-refractivity contribution in [2.45, 2.75) is 88.4 Å². The van der Waals surface area contributed by atoms with Gasteiger partial charge in [-0.1, -0.05) is 6.42 Å². The lowest BCUT2D eigenvalue weighted by Crippen LogP contribution is -2.57. The molecular formula is C23H45N9O7. The molecule has 4 unspecified atom stereocenters. The Balaban J connectivity index is 5.63. The summed E-state index contributed by atoms with van der Waals surface area (Å²) in [7, 11) is 0. The SMILES string of the molecule is NCCCCC(N)C(=O)NC(CCC(=O)O)C(=O)NC(CCCN=C(N)N)C(=O)NC(CCCCN)C(=O)O. The average Bonchev–Trinajstić information content (AvgIpc) is 2.86. The van der Waals surface area contributed by atoms with Crippen LogP contribution in [0.5, 0.6) is 0 Å². The summed E-state index contributed by atoms with van der Waals surface area (Å²) in [6, 6.07) is -4.68. The maximum absolute atomic E-state index is 13.1. The van der Waals surface area contributed by atoms with Gasteiger partial charge in [-0.3, -0.25) is 24.2 Å². The molecule has 0 saturated heterocycles. The predicted molar refractivity (Wildman–Crippen MR) is 144 cm³/mol. The first-order valence-electron chi connectivity index (χ1n) is 13.0. The van der Waals surface area contributed by atoms with Gasteiger partial charge in [0.25, 0.3) is 0 Å². The molecule has 0 aliphatic rings. The molecule has 0 aliphatic carbocycles. The highest BCUT2D eigenvalue weighted by atomic mass is 16.4. The fraction of sp³-hybridized carbons (Fsp3) is 0.739. The molecule has 15 N–H and O–H groups in total. The van der Waals surface area contributed by atoms with Crippen LogP contribution in [-0.2, 0) is 24.0 Å². The number of hydrogen-bond donors (Lipinski definition) is 10. The van der Waals surface area contributed by atoms with Crippen LogP contribution in [0.15, 0.2) is 4.99 Å². The number of nitrogens with one attached hydrogen (secondary N) is 3. The lowest BCUT2D eigenvalue weighted by atomic mass is 10.0. The molecule has 16 heteroatoms. The standard InChI is InChI=1S/C23H45N9O7/c24-11-3-1-6-14(26)19(35)30-16(9-10-18(33)34)21(37)31-15(8-5-13-29-23(27)28)20(36)32-17(22(38)39)7-2-4-12-25/h14-17H,1-13,24-26H2,(H,30,35)(H,31,37)(H,32,36)(H,33,34)(H,38,39)(H4,27,28,29). The highest BCUT2D eigenvalue weighted by molar-refractivity contribution is 5.94. The molecule has 39 heavy (non-hydrogen) atoms. The van der Waals surface area contributed by atoms with Crippen LogP contribution >= 0.6 is 0 Å². The highest BCUT2D eigenvalue weighted by Gasteiger charge is 2.30. The molecule has 0 radical (unpaired) electrons. The van der Waals surface area contributed by atoms with E-state index in [9.17, 15) is 29.1 Å². The van der Waals surface area contributed by atoms with Crippen LogP contribution in [0.4, 0.5) is 0 Å². The summed E-state index contributed by atoms with van der Waals surface area (Å²) < 4.78 is 0. The van der Waals surface area contributed by atoms with Crippen LogP contribution in [0, 0.1) is 0 Å². The molecule has 0 aromatic heterocycles. The van der Waals surface area contributed by atoms with Crippen molar-refractivity contribution in [3.8, 4) is 0 Å². The summed E-state index contributed by atoms with van der Waals surface area (Å²) in [6.45, 7) is 0.932. The molecule has 0 rings (SSSR count). The Labute approximate surface area is 227 Å². The monoisotopic (exact) mass is 559 g/mol. The number of carboxylic acid groups (broad SMARTS) is 2. The lowest BCUT2D eigenvalue weighted by molar-refractivity contribution is -0.142. The van der Waals surface area contributed by atoms with E-state index in [1.165, 1.54) is 0 Å².